The lowest BCUT2D eigenvalue weighted by atomic mass is 10.2. The molecule has 1 fully saturated rings. The minimum absolute atomic E-state index is 0.0385. The predicted octanol–water partition coefficient (Wildman–Crippen LogP) is 2.38. The maximum absolute atomic E-state index is 12.3. The molecule has 1 aliphatic heterocycles. The lowest BCUT2D eigenvalue weighted by Crippen LogP contribution is -2.43. The third-order valence-electron chi connectivity index (χ3n) is 3.37. The van der Waals surface area contributed by atoms with Gasteiger partial charge in [-0.05, 0) is 25.5 Å². The topological polar surface area (TPSA) is 66.5 Å². The van der Waals surface area contributed by atoms with E-state index in [0.29, 0.717) is 23.7 Å². The highest BCUT2D eigenvalue weighted by atomic mass is 35.5. The number of benzene rings is 1. The average Bonchev–Trinajstić information content (AvgIpc) is 2.73. The van der Waals surface area contributed by atoms with Crippen molar-refractivity contribution in [3.63, 3.8) is 0 Å². The molecule has 0 bridgehead atoms. The fraction of sp³-hybridized carbons (Fsp3) is 0.462. The first-order chi connectivity index (χ1) is 9.43. The zero-order valence-corrected chi connectivity index (χ0v) is 12.7. The highest BCUT2D eigenvalue weighted by Gasteiger charge is 2.34. The van der Waals surface area contributed by atoms with E-state index >= 15 is 0 Å². The van der Waals surface area contributed by atoms with Gasteiger partial charge in [0.15, 0.2) is 9.84 Å². The Balaban J connectivity index is 2.09. The number of carbonyl (C=O) groups excluding carboxylic acids is 1. The fourth-order valence-corrected chi connectivity index (χ4v) is 4.25. The Morgan fingerprint density at radius 2 is 2.15 bits per heavy atom. The molecule has 1 aromatic rings. The number of nitrogens with one attached hydrogen (secondary N) is 1. The van der Waals surface area contributed by atoms with Crippen molar-refractivity contribution < 1.29 is 13.2 Å². The van der Waals surface area contributed by atoms with Gasteiger partial charge >= 0.3 is 6.03 Å². The van der Waals surface area contributed by atoms with Gasteiger partial charge in [0.25, 0.3) is 0 Å². The van der Waals surface area contributed by atoms with E-state index in [-0.39, 0.29) is 23.6 Å². The molecule has 0 radical (unpaired) electrons. The first-order valence-corrected chi connectivity index (χ1v) is 8.65. The summed E-state index contributed by atoms with van der Waals surface area (Å²) in [6.07, 6.45) is 0.492. The fourth-order valence-electron chi connectivity index (χ4n) is 2.34. The summed E-state index contributed by atoms with van der Waals surface area (Å²) in [7, 11) is -3.01. The Labute approximate surface area is 123 Å². The Morgan fingerprint density at radius 3 is 2.70 bits per heavy atom. The maximum Gasteiger partial charge on any atom is 0.322 e. The Bertz CT molecular complexity index is 603. The quantitative estimate of drug-likeness (QED) is 0.931. The van der Waals surface area contributed by atoms with Crippen molar-refractivity contribution in [1.29, 1.82) is 0 Å². The second-order valence-corrected chi connectivity index (χ2v) is 7.39. The summed E-state index contributed by atoms with van der Waals surface area (Å²) >= 11 is 5.99. The van der Waals surface area contributed by atoms with Crippen LogP contribution in [0, 0.1) is 0 Å². The molecule has 1 aliphatic rings. The van der Waals surface area contributed by atoms with Crippen molar-refractivity contribution in [3.05, 3.63) is 29.3 Å². The van der Waals surface area contributed by atoms with Gasteiger partial charge in [-0.3, -0.25) is 0 Å². The molecule has 1 atom stereocenters. The highest BCUT2D eigenvalue weighted by Crippen LogP contribution is 2.23. The Hall–Kier alpha value is -1.27. The molecule has 0 aromatic heterocycles. The molecule has 1 aromatic carbocycles. The van der Waals surface area contributed by atoms with Crippen LogP contribution in [0.3, 0.4) is 0 Å². The molecule has 0 saturated carbocycles. The number of anilines is 1. The van der Waals surface area contributed by atoms with E-state index in [9.17, 15) is 13.2 Å². The Kier molecular flexibility index (Phi) is 4.55. The number of amides is 2. The summed E-state index contributed by atoms with van der Waals surface area (Å²) in [4.78, 5) is 13.8. The number of hydrogen-bond donors (Lipinski definition) is 1. The monoisotopic (exact) mass is 316 g/mol. The lowest BCUT2D eigenvalue weighted by Gasteiger charge is -2.27. The van der Waals surface area contributed by atoms with E-state index in [1.54, 1.807) is 29.2 Å². The number of rotatable bonds is 3. The molecule has 0 aliphatic carbocycles. The van der Waals surface area contributed by atoms with Crippen molar-refractivity contribution in [3.8, 4) is 0 Å². The number of sulfone groups is 1. The molecule has 1 saturated heterocycles. The Morgan fingerprint density at radius 1 is 1.45 bits per heavy atom. The summed E-state index contributed by atoms with van der Waals surface area (Å²) in [5.74, 6) is 0.185. The van der Waals surface area contributed by atoms with Gasteiger partial charge in [-0.15, -0.1) is 0 Å². The zero-order chi connectivity index (χ0) is 14.8. The highest BCUT2D eigenvalue weighted by molar-refractivity contribution is 7.91. The second-order valence-electron chi connectivity index (χ2n) is 4.75. The summed E-state index contributed by atoms with van der Waals surface area (Å²) in [5, 5.41) is 3.18. The van der Waals surface area contributed by atoms with Gasteiger partial charge < -0.3 is 10.2 Å². The van der Waals surface area contributed by atoms with Crippen LogP contribution in [0.25, 0.3) is 0 Å². The molecule has 2 rings (SSSR count). The van der Waals surface area contributed by atoms with Crippen molar-refractivity contribution in [2.24, 2.45) is 0 Å². The maximum atomic E-state index is 12.3. The van der Waals surface area contributed by atoms with Crippen LogP contribution in [0.1, 0.15) is 13.3 Å². The molecule has 1 N–H and O–H groups in total. The van der Waals surface area contributed by atoms with Crippen LogP contribution in [0.15, 0.2) is 24.3 Å². The van der Waals surface area contributed by atoms with Crippen LogP contribution in [0.4, 0.5) is 10.5 Å². The third kappa shape index (κ3) is 3.43. The molecule has 1 unspecified atom stereocenters. The lowest BCUT2D eigenvalue weighted by molar-refractivity contribution is 0.197. The molecule has 0 spiro atoms. The number of hydrogen-bond acceptors (Lipinski definition) is 3. The molecular weight excluding hydrogens is 300 g/mol. The smallest absolute Gasteiger partial charge is 0.321 e. The van der Waals surface area contributed by atoms with Gasteiger partial charge in [0.1, 0.15) is 0 Å². The third-order valence-corrected chi connectivity index (χ3v) is 5.45. The minimum atomic E-state index is -3.01. The number of halogens is 1. The van der Waals surface area contributed by atoms with Crippen molar-refractivity contribution in [1.82, 2.24) is 4.90 Å². The van der Waals surface area contributed by atoms with Gasteiger partial charge in [0, 0.05) is 12.6 Å². The number of carbonyl (C=O) groups is 1. The van der Waals surface area contributed by atoms with Gasteiger partial charge in [-0.1, -0.05) is 23.7 Å². The summed E-state index contributed by atoms with van der Waals surface area (Å²) < 4.78 is 23.0. The van der Waals surface area contributed by atoms with Crippen LogP contribution in [0.5, 0.6) is 0 Å². The summed E-state index contributed by atoms with van der Waals surface area (Å²) in [6.45, 7) is 2.29. The van der Waals surface area contributed by atoms with E-state index in [0.717, 1.165) is 0 Å². The number of nitrogens with zero attached hydrogens (tertiary/aromatic N) is 1. The van der Waals surface area contributed by atoms with Crippen LogP contribution in [-0.2, 0) is 9.84 Å². The molecule has 1 heterocycles. The molecule has 2 amide bonds. The van der Waals surface area contributed by atoms with Gasteiger partial charge in [0.2, 0.25) is 0 Å². The van der Waals surface area contributed by atoms with Crippen LogP contribution >= 0.6 is 11.6 Å². The SMILES string of the molecule is CCN(C(=O)Nc1ccccc1Cl)C1CCS(=O)(=O)C1. The van der Waals surface area contributed by atoms with Gasteiger partial charge in [0.05, 0.1) is 22.2 Å². The molecule has 7 heteroatoms. The van der Waals surface area contributed by atoms with E-state index in [1.807, 2.05) is 6.92 Å². The molecule has 110 valence electrons. The number of urea groups is 1. The van der Waals surface area contributed by atoms with Crippen LogP contribution < -0.4 is 5.32 Å². The van der Waals surface area contributed by atoms with E-state index in [1.165, 1.54) is 0 Å². The zero-order valence-electron chi connectivity index (χ0n) is 11.2. The summed E-state index contributed by atoms with van der Waals surface area (Å²) in [6, 6.07) is 6.37. The average molecular weight is 317 g/mol. The normalized spacial score (nSPS) is 20.6. The second kappa shape index (κ2) is 6.01. The van der Waals surface area contributed by atoms with Crippen molar-refractivity contribution >= 4 is 33.2 Å². The largest absolute Gasteiger partial charge is 0.322 e. The molecule has 5 nitrogen and oxygen atoms in total. The van der Waals surface area contributed by atoms with E-state index in [4.69, 9.17) is 11.6 Å². The van der Waals surface area contributed by atoms with Crippen LogP contribution in [0.2, 0.25) is 5.02 Å². The minimum Gasteiger partial charge on any atom is -0.321 e. The molecule has 20 heavy (non-hydrogen) atoms. The predicted molar refractivity (Wildman–Crippen MR) is 79.9 cm³/mol. The van der Waals surface area contributed by atoms with Crippen molar-refractivity contribution in [2.75, 3.05) is 23.4 Å². The van der Waals surface area contributed by atoms with Gasteiger partial charge in [-0.25, -0.2) is 13.2 Å². The van der Waals surface area contributed by atoms with E-state index in [2.05, 4.69) is 5.32 Å². The first kappa shape index (κ1) is 15.1. The first-order valence-electron chi connectivity index (χ1n) is 6.45. The van der Waals surface area contributed by atoms with E-state index < -0.39 is 9.84 Å². The summed E-state index contributed by atoms with van der Waals surface area (Å²) in [5.41, 5.74) is 0.526. The molecular formula is C13H17ClN2O3S. The standard InChI is InChI=1S/C13H17ClN2O3S/c1-2-16(10-7-8-20(18,19)9-10)13(17)15-12-6-4-3-5-11(12)14/h3-6,10H,2,7-9H2,1H3,(H,15,17). The van der Waals surface area contributed by atoms with Crippen molar-refractivity contribution in [2.45, 2.75) is 19.4 Å². The van der Waals surface area contributed by atoms with Crippen LogP contribution in [-0.4, -0.2) is 43.4 Å². The number of para-hydroxylation sites is 1. The van der Waals surface area contributed by atoms with Gasteiger partial charge in [-0.2, -0.15) is 0 Å².